The topological polar surface area (TPSA) is 51.5 Å². The van der Waals surface area contributed by atoms with Crippen LogP contribution in [-0.4, -0.2) is 48.3 Å². The Morgan fingerprint density at radius 2 is 1.92 bits per heavy atom. The Balaban J connectivity index is 0.00000208. The zero-order valence-corrected chi connectivity index (χ0v) is 15.2. The van der Waals surface area contributed by atoms with Crippen molar-refractivity contribution in [3.05, 3.63) is 42.0 Å². The molecule has 2 heterocycles. The molecule has 6 nitrogen and oxygen atoms in total. The van der Waals surface area contributed by atoms with Crippen molar-refractivity contribution >= 4 is 12.4 Å². The van der Waals surface area contributed by atoms with Crippen LogP contribution in [0.3, 0.4) is 0 Å². The van der Waals surface area contributed by atoms with Crippen LogP contribution in [0, 0.1) is 0 Å². The molecular weight excluding hydrogens is 328 g/mol. The van der Waals surface area contributed by atoms with E-state index in [2.05, 4.69) is 31.9 Å². The van der Waals surface area contributed by atoms with E-state index in [0.717, 1.165) is 43.5 Å². The van der Waals surface area contributed by atoms with Gasteiger partial charge in [0.2, 0.25) is 0 Å². The maximum Gasteiger partial charge on any atom is 0.127 e. The first-order chi connectivity index (χ1) is 11.2. The van der Waals surface area contributed by atoms with E-state index in [4.69, 9.17) is 9.47 Å². The number of methoxy groups -OCH3 is 2. The number of benzene rings is 1. The highest BCUT2D eigenvalue weighted by Gasteiger charge is 2.26. The van der Waals surface area contributed by atoms with E-state index >= 15 is 0 Å². The average molecular weight is 353 g/mol. The molecule has 7 heteroatoms. The van der Waals surface area contributed by atoms with Gasteiger partial charge in [-0.2, -0.15) is 0 Å². The zero-order valence-electron chi connectivity index (χ0n) is 14.4. The van der Waals surface area contributed by atoms with E-state index in [0.29, 0.717) is 0 Å². The maximum absolute atomic E-state index is 5.38. The summed E-state index contributed by atoms with van der Waals surface area (Å²) >= 11 is 0. The Morgan fingerprint density at radius 1 is 1.21 bits per heavy atom. The van der Waals surface area contributed by atoms with E-state index < -0.39 is 0 Å². The highest BCUT2D eigenvalue weighted by Crippen LogP contribution is 2.27. The second-order valence-electron chi connectivity index (χ2n) is 5.81. The predicted octanol–water partition coefficient (Wildman–Crippen LogP) is 2.01. The second kappa shape index (κ2) is 8.37. The number of rotatable bonds is 5. The Morgan fingerprint density at radius 3 is 2.50 bits per heavy atom. The Kier molecular flexibility index (Phi) is 6.48. The fraction of sp³-hybridized carbons (Fsp3) is 0.471. The summed E-state index contributed by atoms with van der Waals surface area (Å²) in [6.45, 7) is 3.72. The zero-order chi connectivity index (χ0) is 16.2. The van der Waals surface area contributed by atoms with Gasteiger partial charge in [0.15, 0.2) is 0 Å². The molecule has 2 aromatic rings. The van der Waals surface area contributed by atoms with E-state index in [-0.39, 0.29) is 18.4 Å². The van der Waals surface area contributed by atoms with Crippen molar-refractivity contribution in [2.75, 3.05) is 33.9 Å². The lowest BCUT2D eigenvalue weighted by molar-refractivity contribution is 0.144. The number of halogens is 1. The number of hydrogen-bond donors (Lipinski definition) is 1. The van der Waals surface area contributed by atoms with Crippen LogP contribution in [0.5, 0.6) is 11.5 Å². The number of nitrogens with zero attached hydrogens (tertiary/aromatic N) is 3. The molecule has 1 N–H and O–H groups in total. The van der Waals surface area contributed by atoms with Gasteiger partial charge in [0, 0.05) is 51.7 Å². The molecule has 3 rings (SSSR count). The molecule has 1 saturated heterocycles. The summed E-state index contributed by atoms with van der Waals surface area (Å²) in [7, 11) is 5.41. The first kappa shape index (κ1) is 18.6. The minimum Gasteiger partial charge on any atom is -0.497 e. The molecule has 0 saturated carbocycles. The van der Waals surface area contributed by atoms with Crippen molar-refractivity contribution < 1.29 is 9.47 Å². The summed E-state index contributed by atoms with van der Waals surface area (Å²) in [4.78, 5) is 6.98. The van der Waals surface area contributed by atoms with Gasteiger partial charge in [-0.05, 0) is 17.7 Å². The van der Waals surface area contributed by atoms with E-state index in [1.165, 1.54) is 5.56 Å². The minimum absolute atomic E-state index is 0. The van der Waals surface area contributed by atoms with Gasteiger partial charge >= 0.3 is 0 Å². The quantitative estimate of drug-likeness (QED) is 0.892. The summed E-state index contributed by atoms with van der Waals surface area (Å²) in [5, 5.41) is 3.47. The molecule has 0 aliphatic carbocycles. The highest BCUT2D eigenvalue weighted by atomic mass is 35.5. The molecule has 132 valence electrons. The van der Waals surface area contributed by atoms with Crippen molar-refractivity contribution in [2.24, 2.45) is 7.05 Å². The van der Waals surface area contributed by atoms with E-state index in [1.807, 2.05) is 25.5 Å². The van der Waals surface area contributed by atoms with Gasteiger partial charge in [0.1, 0.15) is 17.3 Å². The molecule has 1 atom stereocenters. The van der Waals surface area contributed by atoms with Crippen LogP contribution < -0.4 is 14.8 Å². The first-order valence-corrected chi connectivity index (χ1v) is 7.85. The van der Waals surface area contributed by atoms with Crippen molar-refractivity contribution in [2.45, 2.75) is 12.6 Å². The number of aromatic nitrogens is 2. The summed E-state index contributed by atoms with van der Waals surface area (Å²) < 4.78 is 12.8. The lowest BCUT2D eigenvalue weighted by Gasteiger charge is -2.35. The smallest absolute Gasteiger partial charge is 0.127 e. The van der Waals surface area contributed by atoms with Gasteiger partial charge in [-0.3, -0.25) is 4.90 Å². The first-order valence-electron chi connectivity index (χ1n) is 7.85. The number of imidazole rings is 1. The molecule has 1 aliphatic rings. The maximum atomic E-state index is 5.38. The number of ether oxygens (including phenoxy) is 2. The van der Waals surface area contributed by atoms with Crippen LogP contribution in [0.2, 0.25) is 0 Å². The normalized spacial score (nSPS) is 18.0. The summed E-state index contributed by atoms with van der Waals surface area (Å²) in [5.41, 5.74) is 1.18. The summed E-state index contributed by atoms with van der Waals surface area (Å²) in [5.74, 6) is 2.73. The number of nitrogens with one attached hydrogen (secondary N) is 1. The van der Waals surface area contributed by atoms with E-state index in [9.17, 15) is 0 Å². The SMILES string of the molecule is COc1cc(CN2CCNCC2c2nccn2C)cc(OC)c1.Cl. The monoisotopic (exact) mass is 352 g/mol. The van der Waals surface area contributed by atoms with Crippen LogP contribution in [0.25, 0.3) is 0 Å². The highest BCUT2D eigenvalue weighted by molar-refractivity contribution is 5.85. The molecule has 24 heavy (non-hydrogen) atoms. The molecule has 1 aromatic carbocycles. The van der Waals surface area contributed by atoms with Crippen molar-refractivity contribution in [1.29, 1.82) is 0 Å². The van der Waals surface area contributed by atoms with Crippen LogP contribution in [-0.2, 0) is 13.6 Å². The van der Waals surface area contributed by atoms with Gasteiger partial charge in [-0.25, -0.2) is 4.98 Å². The summed E-state index contributed by atoms with van der Waals surface area (Å²) in [6.07, 6.45) is 3.85. The van der Waals surface area contributed by atoms with E-state index in [1.54, 1.807) is 14.2 Å². The molecule has 1 aliphatic heterocycles. The summed E-state index contributed by atoms with van der Waals surface area (Å²) in [6, 6.07) is 6.30. The molecule has 1 unspecified atom stereocenters. The van der Waals surface area contributed by atoms with Crippen molar-refractivity contribution in [3.8, 4) is 11.5 Å². The number of hydrogen-bond acceptors (Lipinski definition) is 5. The molecule has 0 radical (unpaired) electrons. The van der Waals surface area contributed by atoms with Gasteiger partial charge < -0.3 is 19.4 Å². The largest absolute Gasteiger partial charge is 0.497 e. The molecule has 0 bridgehead atoms. The van der Waals surface area contributed by atoms with Gasteiger partial charge in [-0.15, -0.1) is 12.4 Å². The average Bonchev–Trinajstić information content (AvgIpc) is 3.01. The Hall–Kier alpha value is -1.76. The molecule has 1 fully saturated rings. The van der Waals surface area contributed by atoms with Crippen molar-refractivity contribution in [1.82, 2.24) is 19.8 Å². The Bertz CT molecular complexity index is 640. The Labute approximate surface area is 149 Å². The minimum atomic E-state index is 0. The van der Waals surface area contributed by atoms with Crippen LogP contribution in [0.15, 0.2) is 30.6 Å². The standard InChI is InChI=1S/C17H24N4O2.ClH/c1-20-6-5-19-17(20)16-11-18-4-7-21(16)12-13-8-14(22-2)10-15(9-13)23-3;/h5-6,8-10,16,18H,4,7,11-12H2,1-3H3;1H. The van der Waals surface area contributed by atoms with Crippen molar-refractivity contribution in [3.63, 3.8) is 0 Å². The second-order valence-corrected chi connectivity index (χ2v) is 5.81. The number of piperazine rings is 1. The van der Waals surface area contributed by atoms with Gasteiger partial charge in [-0.1, -0.05) is 0 Å². The van der Waals surface area contributed by atoms with Gasteiger partial charge in [0.05, 0.1) is 20.3 Å². The molecule has 0 spiro atoms. The van der Waals surface area contributed by atoms with Crippen LogP contribution in [0.4, 0.5) is 0 Å². The predicted molar refractivity (Wildman–Crippen MR) is 96.0 cm³/mol. The van der Waals surface area contributed by atoms with Gasteiger partial charge in [0.25, 0.3) is 0 Å². The third kappa shape index (κ3) is 4.01. The third-order valence-corrected chi connectivity index (χ3v) is 4.31. The fourth-order valence-corrected chi connectivity index (χ4v) is 3.08. The molecule has 0 amide bonds. The van der Waals surface area contributed by atoms with Crippen LogP contribution >= 0.6 is 12.4 Å². The lowest BCUT2D eigenvalue weighted by atomic mass is 10.1. The molecular formula is C17H25ClN4O2. The lowest BCUT2D eigenvalue weighted by Crippen LogP contribution is -2.46. The third-order valence-electron chi connectivity index (χ3n) is 4.31. The van der Waals surface area contributed by atoms with Crippen LogP contribution in [0.1, 0.15) is 17.4 Å². The fourth-order valence-electron chi connectivity index (χ4n) is 3.08. The molecule has 1 aromatic heterocycles. The number of aryl methyl sites for hydroxylation is 1.